The highest BCUT2D eigenvalue weighted by atomic mass is 32.2. The fourth-order valence-corrected chi connectivity index (χ4v) is 4.07. The van der Waals surface area contributed by atoms with E-state index in [1.165, 1.54) is 30.7 Å². The Balaban J connectivity index is 2.26. The third-order valence-electron chi connectivity index (χ3n) is 4.09. The lowest BCUT2D eigenvalue weighted by Crippen LogP contribution is -2.36. The monoisotopic (exact) mass is 267 g/mol. The van der Waals surface area contributed by atoms with Crippen molar-refractivity contribution in [1.29, 1.82) is 0 Å². The highest BCUT2D eigenvalue weighted by molar-refractivity contribution is 7.99. The summed E-state index contributed by atoms with van der Waals surface area (Å²) in [6, 6.07) is 0.625. The number of nitrogens with zero attached hydrogens (tertiary/aromatic N) is 2. The minimum atomic E-state index is -0.0134. The topological polar surface area (TPSA) is 29.9 Å². The molecule has 0 saturated heterocycles. The van der Waals surface area contributed by atoms with E-state index >= 15 is 0 Å². The average molecular weight is 267 g/mol. The summed E-state index contributed by atoms with van der Waals surface area (Å²) in [5.74, 6) is 1.21. The van der Waals surface area contributed by atoms with E-state index in [0.29, 0.717) is 6.04 Å². The summed E-state index contributed by atoms with van der Waals surface area (Å²) in [4.78, 5) is 4.39. The lowest BCUT2D eigenvalue weighted by Gasteiger charge is -2.30. The van der Waals surface area contributed by atoms with E-state index in [4.69, 9.17) is 0 Å². The van der Waals surface area contributed by atoms with E-state index in [1.807, 2.05) is 19.6 Å². The third kappa shape index (κ3) is 2.59. The minimum absolute atomic E-state index is 0.0134. The zero-order chi connectivity index (χ0) is 13.2. The van der Waals surface area contributed by atoms with Crippen LogP contribution < -0.4 is 5.32 Å². The predicted octanol–water partition coefficient (Wildman–Crippen LogP) is 3.18. The molecule has 4 heteroatoms. The largest absolute Gasteiger partial charge is 0.329 e. The van der Waals surface area contributed by atoms with E-state index in [9.17, 15) is 0 Å². The van der Waals surface area contributed by atoms with Gasteiger partial charge in [-0.1, -0.05) is 13.3 Å². The molecular weight excluding hydrogens is 242 g/mol. The van der Waals surface area contributed by atoms with E-state index in [2.05, 4.69) is 47.4 Å². The van der Waals surface area contributed by atoms with Crippen LogP contribution in [0.3, 0.4) is 0 Å². The first kappa shape index (κ1) is 13.9. The first-order valence-electron chi connectivity index (χ1n) is 6.93. The fourth-order valence-electron chi connectivity index (χ4n) is 2.81. The number of hydrogen-bond donors (Lipinski definition) is 1. The van der Waals surface area contributed by atoms with Crippen LogP contribution in [-0.2, 0) is 5.54 Å². The van der Waals surface area contributed by atoms with Crippen molar-refractivity contribution >= 4 is 11.8 Å². The van der Waals surface area contributed by atoms with Gasteiger partial charge in [-0.15, -0.1) is 0 Å². The maximum absolute atomic E-state index is 4.39. The quantitative estimate of drug-likeness (QED) is 0.888. The Morgan fingerprint density at radius 2 is 2.28 bits per heavy atom. The molecule has 1 heterocycles. The number of imidazole rings is 1. The molecule has 1 aromatic heterocycles. The molecule has 1 N–H and O–H groups in total. The first-order valence-corrected chi connectivity index (χ1v) is 7.98. The van der Waals surface area contributed by atoms with Gasteiger partial charge in [0, 0.05) is 11.3 Å². The number of nitrogens with one attached hydrogen (secondary N) is 1. The van der Waals surface area contributed by atoms with Gasteiger partial charge in [-0.25, -0.2) is 4.98 Å². The van der Waals surface area contributed by atoms with Gasteiger partial charge in [0.05, 0.1) is 23.8 Å². The molecule has 0 spiro atoms. The van der Waals surface area contributed by atoms with Gasteiger partial charge in [0.15, 0.2) is 0 Å². The predicted molar refractivity (Wildman–Crippen MR) is 79.1 cm³/mol. The zero-order valence-electron chi connectivity index (χ0n) is 11.9. The lowest BCUT2D eigenvalue weighted by atomic mass is 10.0. The Labute approximate surface area is 115 Å². The average Bonchev–Trinajstić information content (AvgIpc) is 2.96. The molecule has 0 bridgehead atoms. The van der Waals surface area contributed by atoms with Crippen molar-refractivity contribution in [2.24, 2.45) is 0 Å². The van der Waals surface area contributed by atoms with Crippen LogP contribution in [0.25, 0.3) is 0 Å². The number of thioether (sulfide) groups is 1. The second kappa shape index (κ2) is 5.66. The van der Waals surface area contributed by atoms with Crippen LogP contribution >= 0.6 is 11.8 Å². The van der Waals surface area contributed by atoms with Gasteiger partial charge >= 0.3 is 0 Å². The van der Waals surface area contributed by atoms with E-state index in [-0.39, 0.29) is 5.54 Å². The zero-order valence-corrected chi connectivity index (χ0v) is 12.8. The molecule has 1 fully saturated rings. The van der Waals surface area contributed by atoms with Crippen molar-refractivity contribution in [3.05, 3.63) is 18.2 Å². The Hall–Kier alpha value is -0.480. The normalized spacial score (nSPS) is 24.7. The lowest BCUT2D eigenvalue weighted by molar-refractivity contribution is 0.385. The smallest absolute Gasteiger partial charge is 0.0951 e. The van der Waals surface area contributed by atoms with Crippen molar-refractivity contribution in [3.63, 3.8) is 0 Å². The van der Waals surface area contributed by atoms with Gasteiger partial charge in [-0.2, -0.15) is 11.8 Å². The van der Waals surface area contributed by atoms with Crippen LogP contribution in [0.2, 0.25) is 0 Å². The van der Waals surface area contributed by atoms with Crippen LogP contribution in [0, 0.1) is 0 Å². The Morgan fingerprint density at radius 1 is 1.50 bits per heavy atom. The second-order valence-corrected chi connectivity index (χ2v) is 7.07. The molecule has 2 atom stereocenters. The summed E-state index contributed by atoms with van der Waals surface area (Å²) in [5.41, 5.74) is 1.29. The summed E-state index contributed by atoms with van der Waals surface area (Å²) in [7, 11) is 2.02. The first-order chi connectivity index (χ1) is 8.60. The molecular formula is C14H25N3S. The van der Waals surface area contributed by atoms with Gasteiger partial charge < -0.3 is 9.88 Å². The summed E-state index contributed by atoms with van der Waals surface area (Å²) >= 11 is 2.10. The van der Waals surface area contributed by atoms with Gasteiger partial charge in [0.25, 0.3) is 0 Å². The molecule has 1 aliphatic rings. The van der Waals surface area contributed by atoms with Gasteiger partial charge in [0.1, 0.15) is 0 Å². The number of rotatable bonds is 5. The number of aromatic nitrogens is 2. The van der Waals surface area contributed by atoms with Crippen molar-refractivity contribution in [1.82, 2.24) is 14.9 Å². The van der Waals surface area contributed by atoms with Gasteiger partial charge in [-0.05, 0) is 39.5 Å². The molecule has 0 aromatic carbocycles. The van der Waals surface area contributed by atoms with Crippen molar-refractivity contribution in [2.45, 2.75) is 56.9 Å². The standard InChI is InChI=1S/C14H25N3S/c1-5-18-12-8-6-7-11(12)17-10-16-9-13(17)14(2,3)15-4/h9-12,15H,5-8H2,1-4H3. The van der Waals surface area contributed by atoms with E-state index < -0.39 is 0 Å². The third-order valence-corrected chi connectivity index (χ3v) is 5.40. The molecule has 0 aliphatic heterocycles. The van der Waals surface area contributed by atoms with Crippen LogP contribution in [0.5, 0.6) is 0 Å². The van der Waals surface area contributed by atoms with Crippen LogP contribution in [0.4, 0.5) is 0 Å². The maximum atomic E-state index is 4.39. The van der Waals surface area contributed by atoms with Crippen LogP contribution in [-0.4, -0.2) is 27.6 Å². The minimum Gasteiger partial charge on any atom is -0.329 e. The van der Waals surface area contributed by atoms with Crippen LogP contribution in [0.15, 0.2) is 12.5 Å². The maximum Gasteiger partial charge on any atom is 0.0951 e. The summed E-state index contributed by atoms with van der Waals surface area (Å²) < 4.78 is 2.41. The molecule has 0 amide bonds. The molecule has 1 aromatic rings. The molecule has 2 rings (SSSR count). The summed E-state index contributed by atoms with van der Waals surface area (Å²) in [6.07, 6.45) is 8.03. The Bertz CT molecular complexity index is 386. The summed E-state index contributed by atoms with van der Waals surface area (Å²) in [6.45, 7) is 6.70. The van der Waals surface area contributed by atoms with E-state index in [0.717, 1.165) is 5.25 Å². The molecule has 0 radical (unpaired) electrons. The van der Waals surface area contributed by atoms with Crippen molar-refractivity contribution in [3.8, 4) is 0 Å². The fraction of sp³-hybridized carbons (Fsp3) is 0.786. The second-order valence-electron chi connectivity index (χ2n) is 5.55. The summed E-state index contributed by atoms with van der Waals surface area (Å²) in [5, 5.41) is 4.15. The molecule has 18 heavy (non-hydrogen) atoms. The number of hydrogen-bond acceptors (Lipinski definition) is 3. The van der Waals surface area contributed by atoms with Crippen molar-refractivity contribution < 1.29 is 0 Å². The molecule has 1 aliphatic carbocycles. The molecule has 2 unspecified atom stereocenters. The highest BCUT2D eigenvalue weighted by Gasteiger charge is 2.32. The SMILES string of the molecule is CCSC1CCCC1n1cncc1C(C)(C)NC. The molecule has 1 saturated carbocycles. The van der Waals surface area contributed by atoms with Gasteiger partial charge in [-0.3, -0.25) is 0 Å². The van der Waals surface area contributed by atoms with Crippen LogP contribution in [0.1, 0.15) is 51.8 Å². The van der Waals surface area contributed by atoms with E-state index in [1.54, 1.807) is 0 Å². The Kier molecular flexibility index (Phi) is 4.38. The Morgan fingerprint density at radius 3 is 2.94 bits per heavy atom. The molecule has 3 nitrogen and oxygen atoms in total. The molecule has 102 valence electrons. The van der Waals surface area contributed by atoms with Gasteiger partial charge in [0.2, 0.25) is 0 Å². The van der Waals surface area contributed by atoms with Crippen molar-refractivity contribution in [2.75, 3.05) is 12.8 Å². The highest BCUT2D eigenvalue weighted by Crippen LogP contribution is 2.40.